The van der Waals surface area contributed by atoms with Crippen LogP contribution in [0.4, 0.5) is 0 Å². The van der Waals surface area contributed by atoms with E-state index in [2.05, 4.69) is 48.9 Å². The zero-order valence-electron chi connectivity index (χ0n) is 18.6. The molecule has 0 N–H and O–H groups in total. The zero-order chi connectivity index (χ0) is 20.5. The fourth-order valence-corrected chi connectivity index (χ4v) is 4.58. The number of ether oxygens (including phenoxy) is 1. The van der Waals surface area contributed by atoms with E-state index < -0.39 is 0 Å². The van der Waals surface area contributed by atoms with E-state index >= 15 is 0 Å². The Bertz CT molecular complexity index is 733. The molecule has 0 atom stereocenters. The normalized spacial score (nSPS) is 19.3. The first-order chi connectivity index (χ1) is 14.2. The smallest absolute Gasteiger partial charge is 0.159 e. The second kappa shape index (κ2) is 11.3. The highest BCUT2D eigenvalue weighted by atomic mass is 16.5. The predicted octanol–water partition coefficient (Wildman–Crippen LogP) is 7.17. The van der Waals surface area contributed by atoms with Crippen molar-refractivity contribution in [3.63, 3.8) is 0 Å². The number of aryl methyl sites for hydroxylation is 2. The Labute approximate surface area is 177 Å². The summed E-state index contributed by atoms with van der Waals surface area (Å²) in [5, 5.41) is 0. The highest BCUT2D eigenvalue weighted by Gasteiger charge is 2.20. The summed E-state index contributed by atoms with van der Waals surface area (Å²) in [5.41, 5.74) is 3.82. The number of hydrogen-bond acceptors (Lipinski definition) is 3. The lowest BCUT2D eigenvalue weighted by Gasteiger charge is -2.28. The average molecular weight is 395 g/mol. The van der Waals surface area contributed by atoms with Crippen LogP contribution >= 0.6 is 0 Å². The minimum Gasteiger partial charge on any atom is -0.490 e. The first-order valence-electron chi connectivity index (χ1n) is 11.7. The van der Waals surface area contributed by atoms with E-state index in [1.165, 1.54) is 62.5 Å². The van der Waals surface area contributed by atoms with Gasteiger partial charge in [0, 0.05) is 5.56 Å². The van der Waals surface area contributed by atoms with Crippen molar-refractivity contribution in [2.75, 3.05) is 6.61 Å². The van der Waals surface area contributed by atoms with Gasteiger partial charge in [0.1, 0.15) is 0 Å². The number of nitrogens with zero attached hydrogens (tertiary/aromatic N) is 2. The van der Waals surface area contributed by atoms with Crippen LogP contribution in [0.3, 0.4) is 0 Å². The van der Waals surface area contributed by atoms with Crippen molar-refractivity contribution in [2.45, 2.75) is 85.0 Å². The molecule has 1 heterocycles. The van der Waals surface area contributed by atoms with Crippen molar-refractivity contribution in [2.24, 2.45) is 11.8 Å². The van der Waals surface area contributed by atoms with Gasteiger partial charge in [-0.25, -0.2) is 9.97 Å². The molecule has 0 saturated heterocycles. The Morgan fingerprint density at radius 1 is 0.931 bits per heavy atom. The van der Waals surface area contributed by atoms with Gasteiger partial charge in [0.2, 0.25) is 0 Å². The molecule has 0 bridgehead atoms. The molecule has 1 fully saturated rings. The molecular formula is C26H38N2O. The van der Waals surface area contributed by atoms with E-state index in [1.807, 2.05) is 0 Å². The van der Waals surface area contributed by atoms with Gasteiger partial charge in [0.15, 0.2) is 11.6 Å². The maximum absolute atomic E-state index is 5.67. The number of unbranched alkanes of at least 4 members (excludes halogenated alkanes) is 1. The van der Waals surface area contributed by atoms with E-state index in [1.54, 1.807) is 12.4 Å². The zero-order valence-corrected chi connectivity index (χ0v) is 18.6. The van der Waals surface area contributed by atoms with Gasteiger partial charge < -0.3 is 4.74 Å². The van der Waals surface area contributed by atoms with E-state index in [-0.39, 0.29) is 0 Å². The third-order valence-corrected chi connectivity index (χ3v) is 6.43. The van der Waals surface area contributed by atoms with Crippen LogP contribution in [-0.2, 0) is 6.42 Å². The van der Waals surface area contributed by atoms with Crippen molar-refractivity contribution in [3.05, 3.63) is 41.7 Å². The molecule has 2 aromatic rings. The SMILES string of the molecule is CCCCOc1cnc(-c2ccc(CC[C@H]3CC[C@H](CCC)CC3)cc2C)nc1. The van der Waals surface area contributed by atoms with Crippen LogP contribution in [0.25, 0.3) is 11.4 Å². The lowest BCUT2D eigenvalue weighted by atomic mass is 9.78. The van der Waals surface area contributed by atoms with E-state index in [4.69, 9.17) is 4.74 Å². The molecular weight excluding hydrogens is 356 g/mol. The summed E-state index contributed by atoms with van der Waals surface area (Å²) in [5.74, 6) is 3.46. The topological polar surface area (TPSA) is 35.0 Å². The molecule has 3 nitrogen and oxygen atoms in total. The predicted molar refractivity (Wildman–Crippen MR) is 121 cm³/mol. The minimum absolute atomic E-state index is 0.729. The fourth-order valence-electron chi connectivity index (χ4n) is 4.58. The van der Waals surface area contributed by atoms with Gasteiger partial charge in [0.05, 0.1) is 19.0 Å². The Kier molecular flexibility index (Phi) is 8.52. The molecule has 1 aliphatic carbocycles. The molecule has 29 heavy (non-hydrogen) atoms. The highest BCUT2D eigenvalue weighted by molar-refractivity contribution is 5.60. The molecule has 1 aliphatic rings. The van der Waals surface area contributed by atoms with Crippen LogP contribution in [0.1, 0.15) is 82.8 Å². The summed E-state index contributed by atoms with van der Waals surface area (Å²) in [7, 11) is 0. The third-order valence-electron chi connectivity index (χ3n) is 6.43. The van der Waals surface area contributed by atoms with Gasteiger partial charge in [-0.3, -0.25) is 0 Å². The lowest BCUT2D eigenvalue weighted by Crippen LogP contribution is -2.15. The van der Waals surface area contributed by atoms with Gasteiger partial charge in [-0.1, -0.05) is 77.0 Å². The summed E-state index contributed by atoms with van der Waals surface area (Å²) >= 11 is 0. The summed E-state index contributed by atoms with van der Waals surface area (Å²) < 4.78 is 5.67. The van der Waals surface area contributed by atoms with Crippen molar-refractivity contribution in [1.29, 1.82) is 0 Å². The number of aromatic nitrogens is 2. The lowest BCUT2D eigenvalue weighted by molar-refractivity contribution is 0.252. The number of hydrogen-bond donors (Lipinski definition) is 0. The molecule has 1 saturated carbocycles. The Morgan fingerprint density at radius 3 is 2.24 bits per heavy atom. The third kappa shape index (κ3) is 6.55. The molecule has 3 rings (SSSR count). The molecule has 1 aromatic heterocycles. The first-order valence-corrected chi connectivity index (χ1v) is 11.7. The molecule has 158 valence electrons. The fraction of sp³-hybridized carbons (Fsp3) is 0.615. The molecule has 0 aliphatic heterocycles. The van der Waals surface area contributed by atoms with Crippen LogP contribution in [0.2, 0.25) is 0 Å². The second-order valence-corrected chi connectivity index (χ2v) is 8.81. The maximum atomic E-state index is 5.67. The van der Waals surface area contributed by atoms with Gasteiger partial charge in [-0.05, 0) is 49.1 Å². The van der Waals surface area contributed by atoms with Gasteiger partial charge in [0.25, 0.3) is 0 Å². The summed E-state index contributed by atoms with van der Waals surface area (Å²) in [6.45, 7) is 7.38. The van der Waals surface area contributed by atoms with E-state index in [0.717, 1.165) is 48.4 Å². The monoisotopic (exact) mass is 394 g/mol. The van der Waals surface area contributed by atoms with Crippen molar-refractivity contribution in [1.82, 2.24) is 9.97 Å². The molecule has 0 amide bonds. The average Bonchev–Trinajstić information content (AvgIpc) is 2.74. The Balaban J connectivity index is 1.52. The molecule has 0 unspecified atom stereocenters. The van der Waals surface area contributed by atoms with Crippen molar-refractivity contribution in [3.8, 4) is 17.1 Å². The van der Waals surface area contributed by atoms with Crippen LogP contribution in [0.5, 0.6) is 5.75 Å². The van der Waals surface area contributed by atoms with Crippen LogP contribution in [-0.4, -0.2) is 16.6 Å². The van der Waals surface area contributed by atoms with Crippen LogP contribution in [0, 0.1) is 18.8 Å². The summed E-state index contributed by atoms with van der Waals surface area (Å²) in [6.07, 6.45) is 16.8. The van der Waals surface area contributed by atoms with E-state index in [0.29, 0.717) is 0 Å². The molecule has 3 heteroatoms. The number of benzene rings is 1. The molecule has 0 spiro atoms. The summed E-state index contributed by atoms with van der Waals surface area (Å²) in [6, 6.07) is 6.78. The van der Waals surface area contributed by atoms with Crippen molar-refractivity contribution < 1.29 is 4.74 Å². The Hall–Kier alpha value is -1.90. The minimum atomic E-state index is 0.729. The van der Waals surface area contributed by atoms with Gasteiger partial charge in [-0.2, -0.15) is 0 Å². The summed E-state index contributed by atoms with van der Waals surface area (Å²) in [4.78, 5) is 9.05. The van der Waals surface area contributed by atoms with Gasteiger partial charge >= 0.3 is 0 Å². The van der Waals surface area contributed by atoms with Crippen LogP contribution < -0.4 is 4.74 Å². The molecule has 1 aromatic carbocycles. The maximum Gasteiger partial charge on any atom is 0.159 e. The first kappa shape index (κ1) is 21.8. The highest BCUT2D eigenvalue weighted by Crippen LogP contribution is 2.34. The Morgan fingerprint density at radius 2 is 1.62 bits per heavy atom. The van der Waals surface area contributed by atoms with Crippen molar-refractivity contribution >= 4 is 0 Å². The van der Waals surface area contributed by atoms with Gasteiger partial charge in [-0.15, -0.1) is 0 Å². The second-order valence-electron chi connectivity index (χ2n) is 8.81. The number of rotatable bonds is 10. The quantitative estimate of drug-likeness (QED) is 0.401. The molecule has 0 radical (unpaired) electrons. The van der Waals surface area contributed by atoms with E-state index in [9.17, 15) is 0 Å². The van der Waals surface area contributed by atoms with Crippen LogP contribution in [0.15, 0.2) is 30.6 Å². The standard InChI is InChI=1S/C26H38N2O/c1-4-6-16-29-24-18-27-26(28-19-24)25-15-14-23(17-20(25)3)13-12-22-10-8-21(7-5-2)9-11-22/h14-15,17-19,21-22H,4-13,16H2,1-3H3/t21-,22-. The largest absolute Gasteiger partial charge is 0.490 e.